The van der Waals surface area contributed by atoms with Crippen molar-refractivity contribution in [1.29, 1.82) is 0 Å². The largest absolute Gasteiger partial charge is 0.423 e. The quantitative estimate of drug-likeness (QED) is 0.519. The summed E-state index contributed by atoms with van der Waals surface area (Å²) in [6.45, 7) is 2.94. The van der Waals surface area contributed by atoms with E-state index >= 15 is 0 Å². The molecule has 0 aliphatic rings. The number of fused-ring (bicyclic) bond motifs is 3. The third-order valence-electron chi connectivity index (χ3n) is 3.76. The van der Waals surface area contributed by atoms with Gasteiger partial charge in [0, 0.05) is 23.7 Å². The molecule has 114 valence electrons. The summed E-state index contributed by atoms with van der Waals surface area (Å²) in [4.78, 5) is 18.3. The van der Waals surface area contributed by atoms with Crippen molar-refractivity contribution < 1.29 is 4.42 Å². The average molecular weight is 322 g/mol. The van der Waals surface area contributed by atoms with E-state index in [1.165, 1.54) is 6.07 Å². The van der Waals surface area contributed by atoms with Crippen molar-refractivity contribution >= 4 is 43.3 Å². The van der Waals surface area contributed by atoms with Crippen LogP contribution in [0.3, 0.4) is 0 Å². The molecule has 2 aromatic carbocycles. The minimum absolute atomic E-state index is 0.332. The number of para-hydroxylation sites is 1. The third kappa shape index (κ3) is 2.39. The zero-order chi connectivity index (χ0) is 15.8. The molecule has 2 heterocycles. The Hall–Kier alpha value is -2.66. The number of aromatic nitrogens is 1. The monoisotopic (exact) mass is 322 g/mol. The maximum Gasteiger partial charge on any atom is 0.336 e. The molecule has 0 saturated heterocycles. The summed E-state index contributed by atoms with van der Waals surface area (Å²) in [7, 11) is 0. The lowest BCUT2D eigenvalue weighted by Crippen LogP contribution is -2.15. The van der Waals surface area contributed by atoms with Gasteiger partial charge in [-0.1, -0.05) is 29.5 Å². The molecule has 0 saturated carbocycles. The molecule has 0 spiro atoms. The second-order valence-corrected chi connectivity index (χ2v) is 6.13. The number of hydrogen-bond acceptors (Lipinski definition) is 5. The van der Waals surface area contributed by atoms with E-state index in [0.717, 1.165) is 33.0 Å². The van der Waals surface area contributed by atoms with Crippen molar-refractivity contribution in [3.8, 4) is 0 Å². The fourth-order valence-corrected chi connectivity index (χ4v) is 3.84. The summed E-state index contributed by atoms with van der Waals surface area (Å²) >= 11 is 1.61. The normalized spacial score (nSPS) is 11.2. The van der Waals surface area contributed by atoms with Gasteiger partial charge >= 0.3 is 5.63 Å². The number of thiazole rings is 1. The Labute approximate surface area is 136 Å². The minimum atomic E-state index is -0.332. The number of hydrogen-bond donors (Lipinski definition) is 0. The molecular formula is C18H14N2O2S. The molecule has 0 atom stereocenters. The fraction of sp³-hybridized carbons (Fsp3) is 0.111. The number of anilines is 2. The highest BCUT2D eigenvalue weighted by molar-refractivity contribution is 7.23. The molecule has 0 fully saturated rings. The molecule has 0 aliphatic heterocycles. The summed E-state index contributed by atoms with van der Waals surface area (Å²) in [5, 5.41) is 1.86. The smallest absolute Gasteiger partial charge is 0.336 e. The van der Waals surface area contributed by atoms with E-state index < -0.39 is 0 Å². The summed E-state index contributed by atoms with van der Waals surface area (Å²) < 4.78 is 6.30. The van der Waals surface area contributed by atoms with Gasteiger partial charge in [-0.25, -0.2) is 9.78 Å². The van der Waals surface area contributed by atoms with Gasteiger partial charge in [0.25, 0.3) is 0 Å². The fourth-order valence-electron chi connectivity index (χ4n) is 2.67. The molecule has 4 rings (SSSR count). The lowest BCUT2D eigenvalue weighted by molar-refractivity contribution is 0.561. The van der Waals surface area contributed by atoms with E-state index in [4.69, 9.17) is 9.40 Å². The van der Waals surface area contributed by atoms with Gasteiger partial charge < -0.3 is 9.32 Å². The van der Waals surface area contributed by atoms with Gasteiger partial charge in [0.05, 0.1) is 10.2 Å². The van der Waals surface area contributed by atoms with Crippen molar-refractivity contribution in [2.24, 2.45) is 0 Å². The van der Waals surface area contributed by atoms with Crippen LogP contribution < -0.4 is 10.5 Å². The molecule has 4 nitrogen and oxygen atoms in total. The summed E-state index contributed by atoms with van der Waals surface area (Å²) in [5.74, 6) is 0. The van der Waals surface area contributed by atoms with E-state index in [1.54, 1.807) is 17.4 Å². The predicted molar refractivity (Wildman–Crippen MR) is 94.8 cm³/mol. The maximum atomic E-state index is 11.4. The third-order valence-corrected chi connectivity index (χ3v) is 4.88. The van der Waals surface area contributed by atoms with Crippen LogP contribution in [0.25, 0.3) is 21.2 Å². The van der Waals surface area contributed by atoms with Crippen LogP contribution in [0.15, 0.2) is 63.8 Å². The molecule has 4 aromatic rings. The first-order valence-corrected chi connectivity index (χ1v) is 8.24. The van der Waals surface area contributed by atoms with Gasteiger partial charge in [0.15, 0.2) is 5.13 Å². The van der Waals surface area contributed by atoms with Gasteiger partial charge in [0.1, 0.15) is 5.58 Å². The Balaban J connectivity index is 1.91. The first-order chi connectivity index (χ1) is 11.3. The predicted octanol–water partition coefficient (Wildman–Crippen LogP) is 4.56. The van der Waals surface area contributed by atoms with Crippen molar-refractivity contribution in [3.63, 3.8) is 0 Å². The van der Waals surface area contributed by atoms with Crippen LogP contribution in [0.5, 0.6) is 0 Å². The van der Waals surface area contributed by atoms with E-state index in [2.05, 4.69) is 24.0 Å². The van der Waals surface area contributed by atoms with Crippen LogP contribution in [0.4, 0.5) is 10.8 Å². The summed E-state index contributed by atoms with van der Waals surface area (Å²) in [5.41, 5.74) is 2.30. The molecule has 0 N–H and O–H groups in total. The first-order valence-electron chi connectivity index (χ1n) is 7.42. The highest BCUT2D eigenvalue weighted by Crippen LogP contribution is 2.36. The molecular weight excluding hydrogens is 308 g/mol. The summed E-state index contributed by atoms with van der Waals surface area (Å²) in [6, 6.07) is 17.2. The Bertz CT molecular complexity index is 1040. The zero-order valence-corrected chi connectivity index (χ0v) is 13.3. The van der Waals surface area contributed by atoms with E-state index in [-0.39, 0.29) is 5.63 Å². The Morgan fingerprint density at radius 1 is 1.09 bits per heavy atom. The van der Waals surface area contributed by atoms with Crippen LogP contribution in [0.2, 0.25) is 0 Å². The van der Waals surface area contributed by atoms with Crippen LogP contribution >= 0.6 is 11.3 Å². The molecule has 2 aromatic heterocycles. The lowest BCUT2D eigenvalue weighted by Gasteiger charge is -2.19. The molecule has 23 heavy (non-hydrogen) atoms. The van der Waals surface area contributed by atoms with Crippen LogP contribution in [-0.2, 0) is 0 Å². The number of nitrogens with zero attached hydrogens (tertiary/aromatic N) is 2. The van der Waals surface area contributed by atoms with Gasteiger partial charge in [0.2, 0.25) is 0 Å². The van der Waals surface area contributed by atoms with Crippen LogP contribution in [0, 0.1) is 0 Å². The average Bonchev–Trinajstić information content (AvgIpc) is 3.00. The van der Waals surface area contributed by atoms with E-state index in [1.807, 2.05) is 30.3 Å². The standard InChI is InChI=1S/C18H14N2O2S/c1-2-20(12-6-4-3-5-7-12)18-19-14-9-10-15-13(17(14)23-18)8-11-16(21)22-15/h3-11H,2H2,1H3. The lowest BCUT2D eigenvalue weighted by atomic mass is 10.2. The SMILES string of the molecule is CCN(c1ccccc1)c1nc2ccc3oc(=O)ccc3c2s1. The molecule has 0 unspecified atom stereocenters. The van der Waals surface area contributed by atoms with Gasteiger partial charge in [-0.2, -0.15) is 0 Å². The second kappa shape index (κ2) is 5.52. The van der Waals surface area contributed by atoms with E-state index in [9.17, 15) is 4.79 Å². The molecule has 0 bridgehead atoms. The minimum Gasteiger partial charge on any atom is -0.423 e. The van der Waals surface area contributed by atoms with Crippen molar-refractivity contribution in [3.05, 3.63) is 65.0 Å². The molecule has 0 radical (unpaired) electrons. The number of rotatable bonds is 3. The number of benzene rings is 2. The van der Waals surface area contributed by atoms with Crippen molar-refractivity contribution in [1.82, 2.24) is 4.98 Å². The van der Waals surface area contributed by atoms with Gasteiger partial charge in [-0.3, -0.25) is 0 Å². The van der Waals surface area contributed by atoms with Crippen LogP contribution in [-0.4, -0.2) is 11.5 Å². The van der Waals surface area contributed by atoms with E-state index in [0.29, 0.717) is 5.58 Å². The Kier molecular flexibility index (Phi) is 3.35. The Morgan fingerprint density at radius 2 is 1.91 bits per heavy atom. The second-order valence-electron chi connectivity index (χ2n) is 5.16. The zero-order valence-electron chi connectivity index (χ0n) is 12.5. The molecule has 0 aliphatic carbocycles. The van der Waals surface area contributed by atoms with Gasteiger partial charge in [-0.05, 0) is 37.3 Å². The van der Waals surface area contributed by atoms with Crippen LogP contribution in [0.1, 0.15) is 6.92 Å². The topological polar surface area (TPSA) is 46.3 Å². The highest BCUT2D eigenvalue weighted by atomic mass is 32.1. The van der Waals surface area contributed by atoms with Gasteiger partial charge in [-0.15, -0.1) is 0 Å². The first kappa shape index (κ1) is 14.0. The van der Waals surface area contributed by atoms with Crippen molar-refractivity contribution in [2.45, 2.75) is 6.92 Å². The highest BCUT2D eigenvalue weighted by Gasteiger charge is 2.14. The molecule has 0 amide bonds. The summed E-state index contributed by atoms with van der Waals surface area (Å²) in [6.07, 6.45) is 0. The molecule has 5 heteroatoms. The van der Waals surface area contributed by atoms with Crippen molar-refractivity contribution in [2.75, 3.05) is 11.4 Å². The Morgan fingerprint density at radius 3 is 2.70 bits per heavy atom. The maximum absolute atomic E-state index is 11.4.